The molecule has 7 nitrogen and oxygen atoms in total. The lowest BCUT2D eigenvalue weighted by atomic mass is 10.1. The Morgan fingerprint density at radius 1 is 1.29 bits per heavy atom. The smallest absolute Gasteiger partial charge is 0.259 e. The average molecular weight is 353 g/mol. The van der Waals surface area contributed by atoms with Crippen LogP contribution in [0.1, 0.15) is 43.7 Å². The molecule has 1 aliphatic heterocycles. The molecule has 0 saturated heterocycles. The zero-order chi connectivity index (χ0) is 17.6. The van der Waals surface area contributed by atoms with Crippen LogP contribution < -0.4 is 15.8 Å². The molecule has 1 amide bonds. The summed E-state index contributed by atoms with van der Waals surface area (Å²) in [5.41, 5.74) is 6.99. The van der Waals surface area contributed by atoms with E-state index in [0.717, 1.165) is 25.7 Å². The fraction of sp³-hybridized carbons (Fsp3) is 0.500. The van der Waals surface area contributed by atoms with E-state index in [1.807, 2.05) is 0 Å². The molecule has 1 aromatic rings. The van der Waals surface area contributed by atoms with Crippen molar-refractivity contribution in [3.05, 3.63) is 29.3 Å². The van der Waals surface area contributed by atoms with Crippen molar-refractivity contribution in [2.45, 2.75) is 38.4 Å². The van der Waals surface area contributed by atoms with Gasteiger partial charge >= 0.3 is 0 Å². The third-order valence-corrected chi connectivity index (χ3v) is 4.80. The zero-order valence-corrected chi connectivity index (χ0v) is 14.6. The molecule has 0 saturated carbocycles. The van der Waals surface area contributed by atoms with E-state index in [1.54, 1.807) is 18.2 Å². The van der Waals surface area contributed by atoms with E-state index in [9.17, 15) is 13.2 Å². The average Bonchev–Trinajstić information content (AvgIpc) is 2.48. The number of benzene rings is 1. The molecule has 0 unspecified atom stereocenters. The number of ether oxygens (including phenoxy) is 1. The van der Waals surface area contributed by atoms with Crippen LogP contribution in [0.2, 0.25) is 0 Å². The largest absolute Gasteiger partial charge is 0.493 e. The SMILES string of the molecule is CC(=O)NCCCCCCOc1cccc2c1C(N)=NS(=O)(=O)C2. The Labute approximate surface area is 142 Å². The van der Waals surface area contributed by atoms with Gasteiger partial charge in [0.25, 0.3) is 10.0 Å². The summed E-state index contributed by atoms with van der Waals surface area (Å²) in [5.74, 6) is 0.404. The van der Waals surface area contributed by atoms with Crippen LogP contribution in [-0.2, 0) is 20.6 Å². The van der Waals surface area contributed by atoms with Crippen molar-refractivity contribution in [2.24, 2.45) is 10.1 Å². The molecule has 0 bridgehead atoms. The van der Waals surface area contributed by atoms with Gasteiger partial charge in [0.15, 0.2) is 0 Å². The van der Waals surface area contributed by atoms with Crippen LogP contribution in [0.4, 0.5) is 0 Å². The van der Waals surface area contributed by atoms with Gasteiger partial charge in [-0.3, -0.25) is 4.79 Å². The van der Waals surface area contributed by atoms with Crippen molar-refractivity contribution >= 4 is 21.8 Å². The molecule has 1 aromatic carbocycles. The lowest BCUT2D eigenvalue weighted by Gasteiger charge is -2.18. The van der Waals surface area contributed by atoms with Gasteiger partial charge < -0.3 is 15.8 Å². The number of amidine groups is 1. The number of hydrogen-bond donors (Lipinski definition) is 2. The molecule has 0 atom stereocenters. The summed E-state index contributed by atoms with van der Waals surface area (Å²) in [7, 11) is -3.53. The number of fused-ring (bicyclic) bond motifs is 1. The van der Waals surface area contributed by atoms with E-state index < -0.39 is 10.0 Å². The summed E-state index contributed by atoms with van der Waals surface area (Å²) in [6.07, 6.45) is 3.82. The molecule has 0 aromatic heterocycles. The molecule has 1 heterocycles. The molecule has 132 valence electrons. The summed E-state index contributed by atoms with van der Waals surface area (Å²) in [4.78, 5) is 10.7. The fourth-order valence-electron chi connectivity index (χ4n) is 2.56. The van der Waals surface area contributed by atoms with Gasteiger partial charge in [0.1, 0.15) is 11.6 Å². The van der Waals surface area contributed by atoms with Crippen molar-refractivity contribution < 1.29 is 17.9 Å². The van der Waals surface area contributed by atoms with Crippen LogP contribution in [0, 0.1) is 0 Å². The molecular formula is C16H23N3O4S. The number of carbonyl (C=O) groups excluding carboxylic acids is 1. The predicted molar refractivity (Wildman–Crippen MR) is 92.4 cm³/mol. The maximum atomic E-state index is 11.6. The number of sulfonamides is 1. The molecule has 0 fully saturated rings. The summed E-state index contributed by atoms with van der Waals surface area (Å²) in [6, 6.07) is 5.26. The predicted octanol–water partition coefficient (Wildman–Crippen LogP) is 1.31. The molecule has 0 spiro atoms. The number of unbranched alkanes of at least 4 members (excludes halogenated alkanes) is 3. The zero-order valence-electron chi connectivity index (χ0n) is 13.7. The fourth-order valence-corrected chi connectivity index (χ4v) is 3.65. The van der Waals surface area contributed by atoms with E-state index >= 15 is 0 Å². The highest BCUT2D eigenvalue weighted by Crippen LogP contribution is 2.28. The highest BCUT2D eigenvalue weighted by atomic mass is 32.2. The van der Waals surface area contributed by atoms with Gasteiger partial charge in [0, 0.05) is 13.5 Å². The Morgan fingerprint density at radius 3 is 2.79 bits per heavy atom. The van der Waals surface area contributed by atoms with Gasteiger partial charge in [0.05, 0.1) is 17.9 Å². The second-order valence-electron chi connectivity index (χ2n) is 5.74. The maximum absolute atomic E-state index is 11.6. The molecule has 24 heavy (non-hydrogen) atoms. The second-order valence-corrected chi connectivity index (χ2v) is 7.37. The Balaban J connectivity index is 1.82. The first-order chi connectivity index (χ1) is 11.4. The number of carbonyl (C=O) groups is 1. The summed E-state index contributed by atoms with van der Waals surface area (Å²) < 4.78 is 32.6. The molecule has 0 radical (unpaired) electrons. The monoisotopic (exact) mass is 353 g/mol. The van der Waals surface area contributed by atoms with Crippen LogP contribution in [0.3, 0.4) is 0 Å². The Bertz CT molecular complexity index is 729. The van der Waals surface area contributed by atoms with E-state index in [1.165, 1.54) is 6.92 Å². The van der Waals surface area contributed by atoms with Gasteiger partial charge in [-0.05, 0) is 24.5 Å². The van der Waals surface area contributed by atoms with E-state index in [-0.39, 0.29) is 17.5 Å². The lowest BCUT2D eigenvalue weighted by Crippen LogP contribution is -2.24. The topological polar surface area (TPSA) is 111 Å². The Hall–Kier alpha value is -2.09. The molecule has 3 N–H and O–H groups in total. The highest BCUT2D eigenvalue weighted by molar-refractivity contribution is 7.89. The summed E-state index contributed by atoms with van der Waals surface area (Å²) in [6.45, 7) is 2.73. The number of rotatable bonds is 8. The maximum Gasteiger partial charge on any atom is 0.259 e. The van der Waals surface area contributed by atoms with Crippen LogP contribution in [-0.4, -0.2) is 33.3 Å². The van der Waals surface area contributed by atoms with Gasteiger partial charge in [0.2, 0.25) is 5.91 Å². The highest BCUT2D eigenvalue weighted by Gasteiger charge is 2.24. The molecule has 1 aliphatic rings. The van der Waals surface area contributed by atoms with Crippen LogP contribution in [0.25, 0.3) is 0 Å². The van der Waals surface area contributed by atoms with Crippen molar-refractivity contribution in [2.75, 3.05) is 13.2 Å². The summed E-state index contributed by atoms with van der Waals surface area (Å²) >= 11 is 0. The van der Waals surface area contributed by atoms with E-state index in [2.05, 4.69) is 9.71 Å². The third-order valence-electron chi connectivity index (χ3n) is 3.65. The number of amides is 1. The minimum absolute atomic E-state index is 0.00606. The molecule has 2 rings (SSSR count). The van der Waals surface area contributed by atoms with Crippen molar-refractivity contribution in [3.63, 3.8) is 0 Å². The second kappa shape index (κ2) is 8.14. The molecular weight excluding hydrogens is 330 g/mol. The summed E-state index contributed by atoms with van der Waals surface area (Å²) in [5, 5.41) is 2.76. The van der Waals surface area contributed by atoms with E-state index in [0.29, 0.717) is 30.0 Å². The minimum atomic E-state index is -3.53. The standard InChI is InChI=1S/C16H23N3O4S/c1-12(20)18-9-4-2-3-5-10-23-14-8-6-7-13-11-24(21,22)19-16(17)15(13)14/h6-8H,2-5,9-11H2,1H3,(H2,17,19)(H,18,20). The number of nitrogens with two attached hydrogens (primary N) is 1. The van der Waals surface area contributed by atoms with Crippen molar-refractivity contribution in [1.29, 1.82) is 0 Å². The van der Waals surface area contributed by atoms with Crippen molar-refractivity contribution in [3.8, 4) is 5.75 Å². The van der Waals surface area contributed by atoms with Crippen molar-refractivity contribution in [1.82, 2.24) is 5.32 Å². The number of nitrogens with zero attached hydrogens (tertiary/aromatic N) is 1. The normalized spacial score (nSPS) is 15.3. The lowest BCUT2D eigenvalue weighted by molar-refractivity contribution is -0.118. The first kappa shape index (κ1) is 18.3. The van der Waals surface area contributed by atoms with Crippen LogP contribution >= 0.6 is 0 Å². The van der Waals surface area contributed by atoms with Gasteiger partial charge in [-0.1, -0.05) is 25.0 Å². The first-order valence-corrected chi connectivity index (χ1v) is 9.57. The quantitative estimate of drug-likeness (QED) is 0.685. The minimum Gasteiger partial charge on any atom is -0.493 e. The van der Waals surface area contributed by atoms with Gasteiger partial charge in [-0.25, -0.2) is 8.42 Å². The number of nitrogens with one attached hydrogen (secondary N) is 1. The first-order valence-electron chi connectivity index (χ1n) is 7.96. The van der Waals surface area contributed by atoms with Gasteiger partial charge in [-0.2, -0.15) is 0 Å². The number of hydrogen-bond acceptors (Lipinski definition) is 5. The molecule has 8 heteroatoms. The van der Waals surface area contributed by atoms with E-state index in [4.69, 9.17) is 10.5 Å². The van der Waals surface area contributed by atoms with Gasteiger partial charge in [-0.15, -0.1) is 4.40 Å². The Kier molecular flexibility index (Phi) is 6.19. The van der Waals surface area contributed by atoms with Crippen LogP contribution in [0.15, 0.2) is 22.6 Å². The molecule has 0 aliphatic carbocycles. The Morgan fingerprint density at radius 2 is 2.04 bits per heavy atom. The third kappa shape index (κ3) is 5.23. The van der Waals surface area contributed by atoms with Crippen LogP contribution in [0.5, 0.6) is 5.75 Å².